The molecule has 0 unspecified atom stereocenters. The SMILES string of the molecule is N/C(=C\c1cnccn1)C(=O)O. The molecule has 0 spiro atoms. The van der Waals surface area contributed by atoms with Crippen LogP contribution in [0.4, 0.5) is 0 Å². The Kier molecular flexibility index (Phi) is 2.37. The lowest BCUT2D eigenvalue weighted by Gasteiger charge is -1.92. The maximum Gasteiger partial charge on any atom is 0.351 e. The molecule has 0 aromatic carbocycles. The van der Waals surface area contributed by atoms with E-state index < -0.39 is 5.97 Å². The Morgan fingerprint density at radius 2 is 2.33 bits per heavy atom. The number of aromatic nitrogens is 2. The Bertz CT molecular complexity index is 308. The first-order valence-electron chi connectivity index (χ1n) is 3.16. The standard InChI is InChI=1S/C7H7N3O2/c8-6(7(11)12)3-5-4-9-1-2-10-5/h1-4H,8H2,(H,11,12)/b6-3-. The Balaban J connectivity index is 2.89. The van der Waals surface area contributed by atoms with E-state index in [9.17, 15) is 4.79 Å². The van der Waals surface area contributed by atoms with Gasteiger partial charge in [-0.1, -0.05) is 0 Å². The van der Waals surface area contributed by atoms with E-state index >= 15 is 0 Å². The lowest BCUT2D eigenvalue weighted by Crippen LogP contribution is -2.09. The predicted octanol–water partition coefficient (Wildman–Crippen LogP) is -0.139. The van der Waals surface area contributed by atoms with E-state index in [0.717, 1.165) is 0 Å². The third-order valence-electron chi connectivity index (χ3n) is 1.13. The van der Waals surface area contributed by atoms with Gasteiger partial charge in [-0.2, -0.15) is 0 Å². The van der Waals surface area contributed by atoms with Crippen molar-refractivity contribution in [2.24, 2.45) is 5.73 Å². The molecule has 0 aliphatic heterocycles. The Hall–Kier alpha value is -1.91. The van der Waals surface area contributed by atoms with Gasteiger partial charge in [0.15, 0.2) is 0 Å². The fourth-order valence-electron chi connectivity index (χ4n) is 0.606. The lowest BCUT2D eigenvalue weighted by atomic mass is 10.3. The van der Waals surface area contributed by atoms with Crippen LogP contribution in [-0.4, -0.2) is 21.0 Å². The summed E-state index contributed by atoms with van der Waals surface area (Å²) < 4.78 is 0. The molecular formula is C7H7N3O2. The van der Waals surface area contributed by atoms with Gasteiger partial charge in [0, 0.05) is 12.4 Å². The number of aliphatic carboxylic acids is 1. The van der Waals surface area contributed by atoms with Crippen molar-refractivity contribution >= 4 is 12.0 Å². The van der Waals surface area contributed by atoms with Gasteiger partial charge in [-0.3, -0.25) is 9.97 Å². The van der Waals surface area contributed by atoms with E-state index in [1.165, 1.54) is 24.7 Å². The van der Waals surface area contributed by atoms with Gasteiger partial charge in [0.05, 0.1) is 11.9 Å². The average molecular weight is 165 g/mol. The molecule has 0 aliphatic carbocycles. The van der Waals surface area contributed by atoms with Crippen LogP contribution in [0.2, 0.25) is 0 Å². The van der Waals surface area contributed by atoms with Crippen LogP contribution < -0.4 is 5.73 Å². The van der Waals surface area contributed by atoms with Crippen molar-refractivity contribution in [1.82, 2.24) is 9.97 Å². The van der Waals surface area contributed by atoms with Gasteiger partial charge in [0.2, 0.25) is 0 Å². The Morgan fingerprint density at radius 3 is 2.83 bits per heavy atom. The first kappa shape index (κ1) is 8.19. The van der Waals surface area contributed by atoms with Gasteiger partial charge < -0.3 is 10.8 Å². The van der Waals surface area contributed by atoms with Crippen LogP contribution in [0.5, 0.6) is 0 Å². The van der Waals surface area contributed by atoms with Crippen LogP contribution in [0.15, 0.2) is 24.3 Å². The van der Waals surface area contributed by atoms with Crippen molar-refractivity contribution in [3.05, 3.63) is 30.0 Å². The number of hydrogen-bond donors (Lipinski definition) is 2. The summed E-state index contributed by atoms with van der Waals surface area (Å²) in [5.74, 6) is -1.17. The molecule has 1 aromatic heterocycles. The van der Waals surface area contributed by atoms with Gasteiger partial charge in [-0.15, -0.1) is 0 Å². The number of carbonyl (C=O) groups is 1. The molecule has 5 nitrogen and oxygen atoms in total. The molecule has 1 heterocycles. The van der Waals surface area contributed by atoms with Crippen molar-refractivity contribution in [2.75, 3.05) is 0 Å². The number of rotatable bonds is 2. The van der Waals surface area contributed by atoms with Crippen molar-refractivity contribution < 1.29 is 9.90 Å². The minimum Gasteiger partial charge on any atom is -0.477 e. The number of carboxylic acids is 1. The van der Waals surface area contributed by atoms with E-state index in [4.69, 9.17) is 10.8 Å². The summed E-state index contributed by atoms with van der Waals surface area (Å²) in [4.78, 5) is 17.8. The minimum absolute atomic E-state index is 0.254. The molecule has 5 heteroatoms. The highest BCUT2D eigenvalue weighted by atomic mass is 16.4. The molecular weight excluding hydrogens is 158 g/mol. The number of nitrogens with two attached hydrogens (primary N) is 1. The van der Waals surface area contributed by atoms with Crippen LogP contribution >= 0.6 is 0 Å². The molecule has 12 heavy (non-hydrogen) atoms. The highest BCUT2D eigenvalue weighted by molar-refractivity contribution is 5.90. The van der Waals surface area contributed by atoms with Crippen molar-refractivity contribution in [1.29, 1.82) is 0 Å². The summed E-state index contributed by atoms with van der Waals surface area (Å²) >= 11 is 0. The zero-order valence-corrected chi connectivity index (χ0v) is 6.14. The molecule has 0 atom stereocenters. The number of hydrogen-bond acceptors (Lipinski definition) is 4. The molecule has 0 bridgehead atoms. The maximum absolute atomic E-state index is 10.3. The largest absolute Gasteiger partial charge is 0.477 e. The third-order valence-corrected chi connectivity index (χ3v) is 1.13. The van der Waals surface area contributed by atoms with Crippen molar-refractivity contribution in [3.63, 3.8) is 0 Å². The summed E-state index contributed by atoms with van der Waals surface area (Å²) in [5, 5.41) is 8.40. The molecule has 62 valence electrons. The van der Waals surface area contributed by atoms with Gasteiger partial charge >= 0.3 is 5.97 Å². The Morgan fingerprint density at radius 1 is 1.58 bits per heavy atom. The highest BCUT2D eigenvalue weighted by Crippen LogP contribution is 1.96. The first-order chi connectivity index (χ1) is 5.70. The number of carboxylic acid groups (broad SMARTS) is 1. The molecule has 1 rings (SSSR count). The monoisotopic (exact) mass is 165 g/mol. The molecule has 1 aromatic rings. The quantitative estimate of drug-likeness (QED) is 0.595. The summed E-state index contributed by atoms with van der Waals surface area (Å²) in [6, 6.07) is 0. The van der Waals surface area contributed by atoms with E-state index in [1.807, 2.05) is 0 Å². The van der Waals surface area contributed by atoms with E-state index in [2.05, 4.69) is 9.97 Å². The summed E-state index contributed by atoms with van der Waals surface area (Å²) in [6.45, 7) is 0. The van der Waals surface area contributed by atoms with Crippen molar-refractivity contribution in [3.8, 4) is 0 Å². The molecule has 0 amide bonds. The smallest absolute Gasteiger partial charge is 0.351 e. The first-order valence-corrected chi connectivity index (χ1v) is 3.16. The molecule has 0 aliphatic rings. The summed E-state index contributed by atoms with van der Waals surface area (Å²) in [6.07, 6.45) is 5.63. The van der Waals surface area contributed by atoms with Crippen molar-refractivity contribution in [2.45, 2.75) is 0 Å². The van der Waals surface area contributed by atoms with Gasteiger partial charge in [-0.05, 0) is 6.08 Å². The zero-order valence-electron chi connectivity index (χ0n) is 6.14. The molecule has 0 saturated heterocycles. The fourth-order valence-corrected chi connectivity index (χ4v) is 0.606. The number of nitrogens with zero attached hydrogens (tertiary/aromatic N) is 2. The molecule has 0 saturated carbocycles. The second-order valence-electron chi connectivity index (χ2n) is 2.04. The highest BCUT2D eigenvalue weighted by Gasteiger charge is 2.00. The zero-order chi connectivity index (χ0) is 8.97. The minimum atomic E-state index is -1.17. The summed E-state index contributed by atoms with van der Waals surface area (Å²) in [5.41, 5.74) is 5.32. The molecule has 0 fully saturated rings. The second-order valence-corrected chi connectivity index (χ2v) is 2.04. The molecule has 0 radical (unpaired) electrons. The van der Waals surface area contributed by atoms with Gasteiger partial charge in [0.1, 0.15) is 5.70 Å². The van der Waals surface area contributed by atoms with Crippen LogP contribution in [-0.2, 0) is 4.79 Å². The van der Waals surface area contributed by atoms with E-state index in [0.29, 0.717) is 5.69 Å². The predicted molar refractivity (Wildman–Crippen MR) is 41.8 cm³/mol. The second kappa shape index (κ2) is 3.47. The lowest BCUT2D eigenvalue weighted by molar-refractivity contribution is -0.132. The normalized spacial score (nSPS) is 11.2. The topological polar surface area (TPSA) is 89.1 Å². The van der Waals surface area contributed by atoms with Crippen LogP contribution in [0, 0.1) is 0 Å². The van der Waals surface area contributed by atoms with Gasteiger partial charge in [0.25, 0.3) is 0 Å². The van der Waals surface area contributed by atoms with E-state index in [-0.39, 0.29) is 5.70 Å². The Labute approximate surface area is 68.6 Å². The average Bonchev–Trinajstić information content (AvgIpc) is 2.06. The van der Waals surface area contributed by atoms with Crippen LogP contribution in [0.25, 0.3) is 6.08 Å². The fraction of sp³-hybridized carbons (Fsp3) is 0. The summed E-state index contributed by atoms with van der Waals surface area (Å²) in [7, 11) is 0. The maximum atomic E-state index is 10.3. The van der Waals surface area contributed by atoms with Gasteiger partial charge in [-0.25, -0.2) is 4.79 Å². The van der Waals surface area contributed by atoms with Crippen LogP contribution in [0.3, 0.4) is 0 Å². The van der Waals surface area contributed by atoms with E-state index in [1.54, 1.807) is 0 Å². The third kappa shape index (κ3) is 2.05. The molecule has 3 N–H and O–H groups in total. The van der Waals surface area contributed by atoms with Crippen LogP contribution in [0.1, 0.15) is 5.69 Å².